The topological polar surface area (TPSA) is 292 Å². The second kappa shape index (κ2) is 52.4. The van der Waals surface area contributed by atoms with Crippen molar-refractivity contribution in [3.8, 4) is 57.5 Å². The lowest BCUT2D eigenvalue weighted by atomic mass is 9.67. The molecule has 0 bridgehead atoms. The zero-order valence-corrected chi connectivity index (χ0v) is 81.7. The molecule has 5 aromatic carbocycles. The van der Waals surface area contributed by atoms with Crippen molar-refractivity contribution >= 4 is 25.8 Å². The van der Waals surface area contributed by atoms with Gasteiger partial charge in [0.1, 0.15) is 85.4 Å². The molecule has 5 aromatic rings. The van der Waals surface area contributed by atoms with Crippen molar-refractivity contribution in [2.45, 2.75) is 379 Å². The molecule has 0 saturated heterocycles. The lowest BCUT2D eigenvalue weighted by Crippen LogP contribution is -2.45. The van der Waals surface area contributed by atoms with Gasteiger partial charge in [0.25, 0.3) is 0 Å². The number of aromatic hydroxyl groups is 8. The standard InChI is InChI=1S/2C22H30O4.C22H32O4.2C21H30O2.C2H6.CH3B/c1-5-6-7-8-14-12-17-19(20(23)18(14)21(24)25)15-11-13(2)9-10-16(15)22(3,4)26-17;1-5-6-7-8-15-12-18(23)20(21(24)19(15)22(25)26)17-11-14(4)9-10-16(17)13(2)3;1-5-6-7-11-17-14-19(23)18(21(24)20(17)22(25)26)13-12-16(4)10-8-9-15(2)3;1-5-6-7-8-15-12-18(22)20-16-11-14(2)9-10-17(16)21(3,4)23-19(20)13-15;1-5-6-7-8-16-12-19(22)21(20(23)13-16)18-11-15(4)9-10-17(18)14(2)3;2*1-2/h11-12,15-16,23H,5-10H2,1-4H3,(H,24,25);11-12,16-17,23-24H,2,5-10H2,1,3-4H3,(H,25,26);9,12,14,23-24H,5-8,10-11,13H2,1-4H3,(H,25,26);11-13,16-17,22H,5-10H2,1-4H3;11-13,17-18,22-23H,2,5-10H2,1,3-4H3;1-2H3;1H3/b;;16-12+;;;;/i;;;;;;1D. The van der Waals surface area contributed by atoms with Gasteiger partial charge in [0.15, 0.2) is 0 Å². The van der Waals surface area contributed by atoms with E-state index in [2.05, 4.69) is 148 Å². The molecule has 11 rings (SSSR count). The number of unbranched alkanes of at least 4 members (excludes halogenated alkanes) is 10. The third-order valence-corrected chi connectivity index (χ3v) is 26.4. The highest BCUT2D eigenvalue weighted by molar-refractivity contribution is 6.05. The highest BCUT2D eigenvalue weighted by Crippen LogP contribution is 2.57. The van der Waals surface area contributed by atoms with Crippen molar-refractivity contribution in [2.24, 2.45) is 23.7 Å². The molecule has 0 fully saturated rings. The number of fused-ring (bicyclic) bond motifs is 6. The second-order valence-corrected chi connectivity index (χ2v) is 37.8. The molecule has 0 spiro atoms. The number of carboxylic acids is 3. The summed E-state index contributed by atoms with van der Waals surface area (Å²) < 4.78 is 18.7. The minimum Gasteiger partial charge on any atom is -0.508 e. The summed E-state index contributed by atoms with van der Waals surface area (Å²) in [4.78, 5) is 35.3. The Morgan fingerprint density at radius 1 is 0.438 bits per heavy atom. The van der Waals surface area contributed by atoms with Gasteiger partial charge in [0.05, 0.1) is 7.85 Å². The summed E-state index contributed by atoms with van der Waals surface area (Å²) in [6.45, 7) is 50.0. The Balaban J connectivity index is 0.000000282. The Bertz CT molecular complexity index is 4750. The first-order valence-corrected chi connectivity index (χ1v) is 47.9. The number of hydrogen-bond acceptors (Lipinski definition) is 13. The fourth-order valence-corrected chi connectivity index (χ4v) is 19.4. The summed E-state index contributed by atoms with van der Waals surface area (Å²) in [5.74, 6) is -0.652. The third kappa shape index (κ3) is 29.8. The normalized spacial score (nSPS) is 19.6. The van der Waals surface area contributed by atoms with Gasteiger partial charge in [-0.05, 0) is 307 Å². The van der Waals surface area contributed by atoms with Crippen LogP contribution in [-0.2, 0) is 38.5 Å². The van der Waals surface area contributed by atoms with E-state index in [9.17, 15) is 70.6 Å². The predicted octanol–water partition coefficient (Wildman–Crippen LogP) is 29.6. The number of carboxylic acid groups (broad SMARTS) is 3. The van der Waals surface area contributed by atoms with E-state index in [1.165, 1.54) is 77.7 Å². The summed E-state index contributed by atoms with van der Waals surface area (Å²) in [5.41, 5.74) is 15.9. The first-order valence-electron chi connectivity index (χ1n) is 48.6. The Labute approximate surface area is 772 Å². The maximum absolute atomic E-state index is 11.9. The molecule has 2 radical (unpaired) electrons. The van der Waals surface area contributed by atoms with Crippen LogP contribution in [-0.4, -0.2) is 93.1 Å². The van der Waals surface area contributed by atoms with Crippen LogP contribution < -0.4 is 9.47 Å². The molecule has 2 aliphatic heterocycles. The number of hydrogen-bond donors (Lipinski definition) is 11. The fourth-order valence-electron chi connectivity index (χ4n) is 19.4. The Hall–Kier alpha value is -9.51. The molecule has 4 aliphatic carbocycles. The number of rotatable bonds is 32. The molecule has 6 aliphatic rings. The summed E-state index contributed by atoms with van der Waals surface area (Å²) in [6.07, 6.45) is 42.5. The van der Waals surface area contributed by atoms with E-state index >= 15 is 0 Å². The monoisotopic (exact) mass is 1760 g/mol. The summed E-state index contributed by atoms with van der Waals surface area (Å²) in [6, 6.07) is 12.7. The molecule has 16 nitrogen and oxygen atoms in total. The Morgan fingerprint density at radius 3 is 1.16 bits per heavy atom. The van der Waals surface area contributed by atoms with Crippen LogP contribution in [0.2, 0.25) is 6.80 Å². The molecular formula is C111H161BO16. The molecule has 2 heterocycles. The molecule has 17 heteroatoms. The van der Waals surface area contributed by atoms with Gasteiger partial charge >= 0.3 is 17.9 Å². The summed E-state index contributed by atoms with van der Waals surface area (Å²) in [5, 5.41) is 114. The van der Waals surface area contributed by atoms with Gasteiger partial charge in [0.2, 0.25) is 0 Å². The summed E-state index contributed by atoms with van der Waals surface area (Å²) >= 11 is 0. The number of phenolic OH excluding ortho intramolecular Hbond substituents is 5. The van der Waals surface area contributed by atoms with E-state index < -0.39 is 17.9 Å². The van der Waals surface area contributed by atoms with Crippen LogP contribution in [0, 0.1) is 23.7 Å². The molecule has 0 aromatic heterocycles. The number of carbonyl (C=O) groups is 3. The largest absolute Gasteiger partial charge is 0.508 e. The minimum absolute atomic E-state index is 0. The molecule has 8 unspecified atom stereocenters. The van der Waals surface area contributed by atoms with Crippen molar-refractivity contribution in [1.82, 2.24) is 0 Å². The van der Waals surface area contributed by atoms with Crippen molar-refractivity contribution in [1.29, 1.82) is 0 Å². The van der Waals surface area contributed by atoms with Crippen LogP contribution in [0.5, 0.6) is 57.5 Å². The highest BCUT2D eigenvalue weighted by Gasteiger charge is 2.48. The number of aryl methyl sites for hydroxylation is 5. The smallest absolute Gasteiger partial charge is 0.339 e. The average Bonchev–Trinajstić information content (AvgIpc) is 0.728. The first kappa shape index (κ1) is 107. The van der Waals surface area contributed by atoms with Crippen molar-refractivity contribution in [2.75, 3.05) is 0 Å². The molecular weight excluding hydrogens is 1600 g/mol. The van der Waals surface area contributed by atoms with E-state index in [1.807, 2.05) is 78.0 Å². The lowest BCUT2D eigenvalue weighted by molar-refractivity contribution is 0.0103. The average molecular weight is 1760 g/mol. The van der Waals surface area contributed by atoms with Crippen LogP contribution in [0.25, 0.3) is 0 Å². The van der Waals surface area contributed by atoms with Gasteiger partial charge in [-0.15, -0.1) is 0 Å². The minimum atomic E-state index is -1.15. The van der Waals surface area contributed by atoms with Crippen molar-refractivity contribution < 1.29 is 81.4 Å². The zero-order chi connectivity index (χ0) is 96.5. The quantitative estimate of drug-likeness (QED) is 0.0108. The summed E-state index contributed by atoms with van der Waals surface area (Å²) in [7, 11) is 4.51. The highest BCUT2D eigenvalue weighted by atomic mass is 16.5. The van der Waals surface area contributed by atoms with Crippen LogP contribution >= 0.6 is 0 Å². The molecule has 704 valence electrons. The second-order valence-electron chi connectivity index (χ2n) is 37.8. The number of aromatic carboxylic acids is 3. The maximum Gasteiger partial charge on any atom is 0.339 e. The van der Waals surface area contributed by atoms with Gasteiger partial charge in [-0.3, -0.25) is 0 Å². The van der Waals surface area contributed by atoms with Crippen LogP contribution in [0.4, 0.5) is 0 Å². The SMILES string of the molecule is C=C(C)C1CCC(C)=CC1c1c(O)cc(CCCCC)c(C(=O)O)c1O.C=C(C)C1CCC(C)=CC1c1c(O)cc(CCCCC)cc1O.CC.CCCCCc1cc(O)c(C/C=C(\C)CCC=C(C)C)c(O)c1C(=O)O.CCCCCc1cc(O)c2c(c1)OC(C)(C)C1CCC(C)=CC21.CCCCCc1cc2c(c(O)c1C(=O)O)C1C=C(C)CCC1C(C)(C)O2.[2H]C[B]. The van der Waals surface area contributed by atoms with Crippen LogP contribution in [0.15, 0.2) is 137 Å². The van der Waals surface area contributed by atoms with Crippen molar-refractivity contribution in [3.05, 3.63) is 209 Å². The van der Waals surface area contributed by atoms with Crippen LogP contribution in [0.3, 0.4) is 0 Å². The maximum atomic E-state index is 11.9. The van der Waals surface area contributed by atoms with E-state index in [1.54, 1.807) is 0 Å². The van der Waals surface area contributed by atoms with E-state index in [-0.39, 0.29) is 122 Å². The van der Waals surface area contributed by atoms with Crippen LogP contribution in [0.1, 0.15) is 411 Å². The fraction of sp³-hybridized carbons (Fsp3) is 0.559. The predicted molar refractivity (Wildman–Crippen MR) is 528 cm³/mol. The lowest BCUT2D eigenvalue weighted by Gasteiger charge is -2.46. The number of phenols is 8. The molecule has 0 amide bonds. The zero-order valence-electron chi connectivity index (χ0n) is 82.7. The molecule has 11 N–H and O–H groups in total. The van der Waals surface area contributed by atoms with Gasteiger partial charge in [-0.25, -0.2) is 14.4 Å². The van der Waals surface area contributed by atoms with E-state index in [0.29, 0.717) is 76.5 Å². The third-order valence-electron chi connectivity index (χ3n) is 26.4. The van der Waals surface area contributed by atoms with Crippen molar-refractivity contribution in [3.63, 3.8) is 0 Å². The van der Waals surface area contributed by atoms with E-state index in [0.717, 1.165) is 175 Å². The van der Waals surface area contributed by atoms with Gasteiger partial charge in [0, 0.05) is 64.7 Å². The molecule has 0 saturated carbocycles. The number of benzene rings is 5. The Kier molecular flexibility index (Phi) is 43.9. The number of ether oxygens (including phenoxy) is 2. The molecule has 128 heavy (non-hydrogen) atoms. The Morgan fingerprint density at radius 2 is 0.766 bits per heavy atom. The number of allylic oxidation sites excluding steroid dienone is 14. The first-order chi connectivity index (χ1) is 61.1. The van der Waals surface area contributed by atoms with E-state index in [4.69, 9.17) is 10.8 Å². The molecule has 8 atom stereocenters. The van der Waals surface area contributed by atoms with Gasteiger partial charge < -0.3 is 65.6 Å². The van der Waals surface area contributed by atoms with Gasteiger partial charge in [-0.1, -0.05) is 214 Å². The van der Waals surface area contributed by atoms with Gasteiger partial charge in [-0.2, -0.15) is 0 Å².